The van der Waals surface area contributed by atoms with Crippen molar-refractivity contribution in [3.05, 3.63) is 39.5 Å². The Morgan fingerprint density at radius 2 is 2.00 bits per heavy atom. The van der Waals surface area contributed by atoms with Crippen molar-refractivity contribution in [1.29, 1.82) is 0 Å². The maximum atomic E-state index is 13.1. The molecule has 2 N–H and O–H groups in total. The molecule has 7 heteroatoms. The number of aromatic nitrogens is 2. The van der Waals surface area contributed by atoms with E-state index in [0.29, 0.717) is 30.7 Å². The van der Waals surface area contributed by atoms with E-state index in [0.717, 1.165) is 9.26 Å². The molecule has 2 rings (SSSR count). The summed E-state index contributed by atoms with van der Waals surface area (Å²) >= 11 is 2.08. The molecule has 0 bridgehead atoms. The molecule has 0 amide bonds. The van der Waals surface area contributed by atoms with Gasteiger partial charge in [-0.2, -0.15) is 0 Å². The normalized spacial score (nSPS) is 10.5. The second kappa shape index (κ2) is 7.51. The molecule has 0 atom stereocenters. The Morgan fingerprint density at radius 3 is 2.67 bits per heavy atom. The van der Waals surface area contributed by atoms with Crippen molar-refractivity contribution >= 4 is 39.9 Å². The van der Waals surface area contributed by atoms with E-state index in [1.807, 2.05) is 6.92 Å². The Bertz CT molecular complexity index is 624. The molecule has 0 unspecified atom stereocenters. The summed E-state index contributed by atoms with van der Waals surface area (Å²) in [6, 6.07) is 6.34. The van der Waals surface area contributed by atoms with Gasteiger partial charge in [0.1, 0.15) is 24.1 Å². The summed E-state index contributed by atoms with van der Waals surface area (Å²) < 4.78 is 19.2. The van der Waals surface area contributed by atoms with Crippen LogP contribution in [0.3, 0.4) is 0 Å². The molecule has 0 spiro atoms. The quantitative estimate of drug-likeness (QED) is 0.724. The van der Waals surface area contributed by atoms with E-state index in [2.05, 4.69) is 43.2 Å². The van der Waals surface area contributed by atoms with Gasteiger partial charge in [0.25, 0.3) is 0 Å². The first-order chi connectivity index (χ1) is 10.1. The Morgan fingerprint density at radius 1 is 1.24 bits per heavy atom. The van der Waals surface area contributed by atoms with Gasteiger partial charge in [0, 0.05) is 23.3 Å². The molecule has 0 saturated carbocycles. The maximum Gasteiger partial charge on any atom is 0.158 e. The van der Waals surface area contributed by atoms with Crippen molar-refractivity contribution in [1.82, 2.24) is 9.97 Å². The SMILES string of the molecule is CCOCc1nc(NC)cc(Nc2ccc(F)cc2I)n1. The minimum atomic E-state index is -0.263. The standard InChI is InChI=1S/C14H16FIN4O/c1-3-21-8-14-19-12(17-2)7-13(20-14)18-11-5-4-9(15)6-10(11)16/h4-7H,3,8H2,1-2H3,(H2,17,18,19,20). The average molecular weight is 402 g/mol. The van der Waals surface area contributed by atoms with Crippen molar-refractivity contribution in [2.24, 2.45) is 0 Å². The van der Waals surface area contributed by atoms with Gasteiger partial charge in [-0.15, -0.1) is 0 Å². The van der Waals surface area contributed by atoms with Crippen LogP contribution in [0.1, 0.15) is 12.7 Å². The van der Waals surface area contributed by atoms with E-state index in [-0.39, 0.29) is 5.82 Å². The monoisotopic (exact) mass is 402 g/mol. The van der Waals surface area contributed by atoms with Crippen LogP contribution >= 0.6 is 22.6 Å². The average Bonchev–Trinajstić information content (AvgIpc) is 2.48. The third kappa shape index (κ3) is 4.50. The number of hydrogen-bond donors (Lipinski definition) is 2. The first-order valence-corrected chi connectivity index (χ1v) is 7.55. The van der Waals surface area contributed by atoms with Gasteiger partial charge in [-0.25, -0.2) is 14.4 Å². The molecule has 0 fully saturated rings. The molecule has 21 heavy (non-hydrogen) atoms. The number of nitrogens with one attached hydrogen (secondary N) is 2. The molecular weight excluding hydrogens is 386 g/mol. The van der Waals surface area contributed by atoms with Gasteiger partial charge in [0.2, 0.25) is 0 Å². The van der Waals surface area contributed by atoms with Crippen LogP contribution in [-0.4, -0.2) is 23.6 Å². The summed E-state index contributed by atoms with van der Waals surface area (Å²) in [5.41, 5.74) is 0.792. The molecule has 1 aromatic heterocycles. The lowest BCUT2D eigenvalue weighted by atomic mass is 10.3. The van der Waals surface area contributed by atoms with Crippen LogP contribution < -0.4 is 10.6 Å². The lowest BCUT2D eigenvalue weighted by Gasteiger charge is -2.11. The van der Waals surface area contributed by atoms with Crippen LogP contribution in [0.5, 0.6) is 0 Å². The lowest BCUT2D eigenvalue weighted by molar-refractivity contribution is 0.128. The van der Waals surface area contributed by atoms with E-state index >= 15 is 0 Å². The van der Waals surface area contributed by atoms with Crippen LogP contribution in [-0.2, 0) is 11.3 Å². The minimum absolute atomic E-state index is 0.263. The number of benzene rings is 1. The zero-order valence-corrected chi connectivity index (χ0v) is 13.9. The Labute approximate surface area is 136 Å². The van der Waals surface area contributed by atoms with E-state index in [9.17, 15) is 4.39 Å². The Balaban J connectivity index is 2.25. The predicted molar refractivity (Wildman–Crippen MR) is 89.3 cm³/mol. The van der Waals surface area contributed by atoms with E-state index in [4.69, 9.17) is 4.74 Å². The Kier molecular flexibility index (Phi) is 5.68. The van der Waals surface area contributed by atoms with Gasteiger partial charge in [0.05, 0.1) is 5.69 Å². The number of rotatable bonds is 6. The number of ether oxygens (including phenoxy) is 1. The number of hydrogen-bond acceptors (Lipinski definition) is 5. The second-order valence-corrected chi connectivity index (χ2v) is 5.35. The first-order valence-electron chi connectivity index (χ1n) is 6.48. The molecule has 0 aliphatic carbocycles. The van der Waals surface area contributed by atoms with Gasteiger partial charge in [-0.3, -0.25) is 0 Å². The van der Waals surface area contributed by atoms with Crippen LogP contribution in [0.4, 0.5) is 21.7 Å². The largest absolute Gasteiger partial charge is 0.374 e. The number of halogens is 2. The van der Waals surface area contributed by atoms with Gasteiger partial charge in [-0.05, 0) is 47.7 Å². The molecule has 1 aromatic carbocycles. The topological polar surface area (TPSA) is 59.1 Å². The summed E-state index contributed by atoms with van der Waals surface area (Å²) in [6.07, 6.45) is 0. The van der Waals surface area contributed by atoms with Crippen molar-refractivity contribution in [3.63, 3.8) is 0 Å². The molecule has 5 nitrogen and oxygen atoms in total. The van der Waals surface area contributed by atoms with Crippen LogP contribution in [0, 0.1) is 9.39 Å². The Hall–Kier alpha value is -1.48. The van der Waals surface area contributed by atoms with Gasteiger partial charge < -0.3 is 15.4 Å². The minimum Gasteiger partial charge on any atom is -0.374 e. The highest BCUT2D eigenvalue weighted by Gasteiger charge is 2.07. The molecule has 1 heterocycles. The van der Waals surface area contributed by atoms with Gasteiger partial charge >= 0.3 is 0 Å². The highest BCUT2D eigenvalue weighted by Crippen LogP contribution is 2.23. The summed E-state index contributed by atoms with van der Waals surface area (Å²) in [6.45, 7) is 2.87. The molecule has 112 valence electrons. The van der Waals surface area contributed by atoms with Gasteiger partial charge in [-0.1, -0.05) is 0 Å². The predicted octanol–water partition coefficient (Wildman–Crippen LogP) is 3.54. The van der Waals surface area contributed by atoms with Crippen molar-refractivity contribution < 1.29 is 9.13 Å². The second-order valence-electron chi connectivity index (χ2n) is 4.19. The third-order valence-electron chi connectivity index (χ3n) is 2.66. The van der Waals surface area contributed by atoms with Crippen molar-refractivity contribution in [2.75, 3.05) is 24.3 Å². The summed E-state index contributed by atoms with van der Waals surface area (Å²) in [5.74, 6) is 1.65. The van der Waals surface area contributed by atoms with E-state index in [1.54, 1.807) is 19.2 Å². The first kappa shape index (κ1) is 15.9. The van der Waals surface area contributed by atoms with Crippen molar-refractivity contribution in [3.8, 4) is 0 Å². The highest BCUT2D eigenvalue weighted by atomic mass is 127. The fourth-order valence-electron chi connectivity index (χ4n) is 1.68. The van der Waals surface area contributed by atoms with Gasteiger partial charge in [0.15, 0.2) is 5.82 Å². The van der Waals surface area contributed by atoms with Crippen molar-refractivity contribution in [2.45, 2.75) is 13.5 Å². The number of anilines is 3. The zero-order chi connectivity index (χ0) is 15.2. The summed E-state index contributed by atoms with van der Waals surface area (Å²) in [7, 11) is 1.79. The summed E-state index contributed by atoms with van der Waals surface area (Å²) in [5, 5.41) is 6.16. The zero-order valence-electron chi connectivity index (χ0n) is 11.8. The molecular formula is C14H16FIN4O. The smallest absolute Gasteiger partial charge is 0.158 e. The fourth-order valence-corrected chi connectivity index (χ4v) is 2.29. The third-order valence-corrected chi connectivity index (χ3v) is 3.55. The fraction of sp³-hybridized carbons (Fsp3) is 0.286. The lowest BCUT2D eigenvalue weighted by Crippen LogP contribution is -2.06. The molecule has 0 aliphatic heterocycles. The summed E-state index contributed by atoms with van der Waals surface area (Å²) in [4.78, 5) is 8.71. The molecule has 0 radical (unpaired) electrons. The van der Waals surface area contributed by atoms with Crippen LogP contribution in [0.25, 0.3) is 0 Å². The maximum absolute atomic E-state index is 13.1. The molecule has 0 saturated heterocycles. The molecule has 2 aromatic rings. The van der Waals surface area contributed by atoms with E-state index < -0.39 is 0 Å². The highest BCUT2D eigenvalue weighted by molar-refractivity contribution is 14.1. The number of nitrogens with zero attached hydrogens (tertiary/aromatic N) is 2. The van der Waals surface area contributed by atoms with Crippen LogP contribution in [0.15, 0.2) is 24.3 Å². The molecule has 0 aliphatic rings. The van der Waals surface area contributed by atoms with Crippen LogP contribution in [0.2, 0.25) is 0 Å². The van der Waals surface area contributed by atoms with E-state index in [1.165, 1.54) is 12.1 Å².